The standard InChI is InChI=1S/C15H20N4O/c20-15-12-8-14-13(7-11(12)9-16-15)17-10-19(14)6-5-18-3-1-2-4-18/h7-8,17H,1-6,9-10H2,(H,16,20). The summed E-state index contributed by atoms with van der Waals surface area (Å²) in [5.41, 5.74) is 4.31. The van der Waals surface area contributed by atoms with Gasteiger partial charge in [0.2, 0.25) is 0 Å². The molecule has 1 amide bonds. The molecule has 0 atom stereocenters. The van der Waals surface area contributed by atoms with Gasteiger partial charge in [-0.1, -0.05) is 0 Å². The van der Waals surface area contributed by atoms with Crippen molar-refractivity contribution in [3.8, 4) is 0 Å². The molecular formula is C15H20N4O. The molecule has 5 heteroatoms. The lowest BCUT2D eigenvalue weighted by atomic mass is 10.1. The summed E-state index contributed by atoms with van der Waals surface area (Å²) >= 11 is 0. The molecule has 4 rings (SSSR count). The zero-order chi connectivity index (χ0) is 13.5. The summed E-state index contributed by atoms with van der Waals surface area (Å²) in [5, 5.41) is 6.32. The largest absolute Gasteiger partial charge is 0.366 e. The SMILES string of the molecule is O=C1NCc2cc3c(cc21)N(CCN1CCCC1)CN3. The maximum Gasteiger partial charge on any atom is 0.251 e. The average Bonchev–Trinajstić information content (AvgIpc) is 3.16. The first kappa shape index (κ1) is 12.0. The monoisotopic (exact) mass is 272 g/mol. The van der Waals surface area contributed by atoms with Crippen LogP contribution < -0.4 is 15.5 Å². The van der Waals surface area contributed by atoms with Gasteiger partial charge in [-0.2, -0.15) is 0 Å². The van der Waals surface area contributed by atoms with Crippen molar-refractivity contribution >= 4 is 17.3 Å². The minimum atomic E-state index is 0.0641. The third-order valence-corrected chi connectivity index (χ3v) is 4.59. The Bertz CT molecular complexity index is 551. The maximum absolute atomic E-state index is 11.8. The first-order valence-corrected chi connectivity index (χ1v) is 7.47. The normalized spacial score (nSPS) is 20.8. The van der Waals surface area contributed by atoms with Gasteiger partial charge in [0, 0.05) is 25.2 Å². The van der Waals surface area contributed by atoms with Crippen LogP contribution in [0.4, 0.5) is 11.4 Å². The van der Waals surface area contributed by atoms with Crippen molar-refractivity contribution in [2.45, 2.75) is 19.4 Å². The van der Waals surface area contributed by atoms with Crippen LogP contribution in [0.3, 0.4) is 0 Å². The predicted molar refractivity (Wildman–Crippen MR) is 79.1 cm³/mol. The second-order valence-electron chi connectivity index (χ2n) is 5.86. The Kier molecular flexibility index (Phi) is 2.80. The molecule has 2 N–H and O–H groups in total. The highest BCUT2D eigenvalue weighted by Crippen LogP contribution is 2.35. The Morgan fingerprint density at radius 2 is 1.95 bits per heavy atom. The van der Waals surface area contributed by atoms with E-state index in [0.717, 1.165) is 30.9 Å². The summed E-state index contributed by atoms with van der Waals surface area (Å²) in [7, 11) is 0. The van der Waals surface area contributed by atoms with E-state index in [4.69, 9.17) is 0 Å². The molecule has 0 radical (unpaired) electrons. The number of hydrogen-bond donors (Lipinski definition) is 2. The molecule has 3 aliphatic heterocycles. The van der Waals surface area contributed by atoms with E-state index >= 15 is 0 Å². The lowest BCUT2D eigenvalue weighted by Gasteiger charge is -2.22. The Hall–Kier alpha value is -1.75. The molecule has 0 saturated carbocycles. The molecule has 20 heavy (non-hydrogen) atoms. The van der Waals surface area contributed by atoms with Crippen LogP contribution in [-0.4, -0.2) is 43.7 Å². The molecule has 106 valence electrons. The predicted octanol–water partition coefficient (Wildman–Crippen LogP) is 1.22. The fourth-order valence-electron chi connectivity index (χ4n) is 3.40. The molecule has 0 spiro atoms. The first-order chi connectivity index (χ1) is 9.81. The minimum Gasteiger partial charge on any atom is -0.366 e. The fraction of sp³-hybridized carbons (Fsp3) is 0.533. The van der Waals surface area contributed by atoms with Crippen LogP contribution in [0.25, 0.3) is 0 Å². The number of nitrogens with one attached hydrogen (secondary N) is 2. The van der Waals surface area contributed by atoms with Crippen molar-refractivity contribution in [1.82, 2.24) is 10.2 Å². The van der Waals surface area contributed by atoms with E-state index in [1.54, 1.807) is 0 Å². The summed E-state index contributed by atoms with van der Waals surface area (Å²) in [4.78, 5) is 16.7. The molecule has 0 aromatic heterocycles. The molecule has 1 aromatic rings. The summed E-state index contributed by atoms with van der Waals surface area (Å²) in [6.07, 6.45) is 2.67. The van der Waals surface area contributed by atoms with Crippen molar-refractivity contribution in [3.63, 3.8) is 0 Å². The Morgan fingerprint density at radius 3 is 2.80 bits per heavy atom. The van der Waals surface area contributed by atoms with Crippen molar-refractivity contribution in [3.05, 3.63) is 23.3 Å². The van der Waals surface area contributed by atoms with Crippen molar-refractivity contribution in [2.24, 2.45) is 0 Å². The van der Waals surface area contributed by atoms with Crippen LogP contribution >= 0.6 is 0 Å². The van der Waals surface area contributed by atoms with Gasteiger partial charge in [-0.3, -0.25) is 4.79 Å². The highest BCUT2D eigenvalue weighted by Gasteiger charge is 2.26. The van der Waals surface area contributed by atoms with Gasteiger partial charge in [-0.25, -0.2) is 0 Å². The van der Waals surface area contributed by atoms with Gasteiger partial charge >= 0.3 is 0 Å². The fourth-order valence-corrected chi connectivity index (χ4v) is 3.40. The van der Waals surface area contributed by atoms with Crippen LogP contribution in [0.5, 0.6) is 0 Å². The number of nitrogens with zero attached hydrogens (tertiary/aromatic N) is 2. The Labute approximate surface area is 118 Å². The van der Waals surface area contributed by atoms with Gasteiger partial charge in [0.15, 0.2) is 0 Å². The molecule has 0 aliphatic carbocycles. The van der Waals surface area contributed by atoms with Crippen LogP contribution in [0, 0.1) is 0 Å². The first-order valence-electron chi connectivity index (χ1n) is 7.47. The minimum absolute atomic E-state index is 0.0641. The third kappa shape index (κ3) is 1.93. The number of amides is 1. The lowest BCUT2D eigenvalue weighted by molar-refractivity contribution is 0.0966. The van der Waals surface area contributed by atoms with Crippen LogP contribution in [0.2, 0.25) is 0 Å². The molecule has 3 heterocycles. The van der Waals surface area contributed by atoms with Gasteiger partial charge in [0.1, 0.15) is 0 Å². The van der Waals surface area contributed by atoms with E-state index in [-0.39, 0.29) is 5.91 Å². The van der Waals surface area contributed by atoms with Gasteiger partial charge in [-0.05, 0) is 43.6 Å². The molecule has 3 aliphatic rings. The molecular weight excluding hydrogens is 252 g/mol. The molecule has 1 aromatic carbocycles. The van der Waals surface area contributed by atoms with E-state index in [9.17, 15) is 4.79 Å². The van der Waals surface area contributed by atoms with Crippen LogP contribution in [-0.2, 0) is 6.54 Å². The highest BCUT2D eigenvalue weighted by molar-refractivity contribution is 6.01. The highest BCUT2D eigenvalue weighted by atomic mass is 16.1. The molecule has 1 saturated heterocycles. The number of benzene rings is 1. The van der Waals surface area contributed by atoms with E-state index in [1.165, 1.54) is 37.3 Å². The van der Waals surface area contributed by atoms with Crippen molar-refractivity contribution in [1.29, 1.82) is 0 Å². The number of carbonyl (C=O) groups excluding carboxylic acids is 1. The number of likely N-dealkylation sites (tertiary alicyclic amines) is 1. The summed E-state index contributed by atoms with van der Waals surface area (Å²) in [6, 6.07) is 4.18. The van der Waals surface area contributed by atoms with Gasteiger partial charge in [-0.15, -0.1) is 0 Å². The van der Waals surface area contributed by atoms with Crippen molar-refractivity contribution in [2.75, 3.05) is 43.1 Å². The molecule has 5 nitrogen and oxygen atoms in total. The molecule has 1 fully saturated rings. The third-order valence-electron chi connectivity index (χ3n) is 4.59. The van der Waals surface area contributed by atoms with Gasteiger partial charge in [0.25, 0.3) is 5.91 Å². The van der Waals surface area contributed by atoms with Crippen molar-refractivity contribution < 1.29 is 4.79 Å². The number of hydrogen-bond acceptors (Lipinski definition) is 4. The van der Waals surface area contributed by atoms with Gasteiger partial charge in [0.05, 0.1) is 18.0 Å². The summed E-state index contributed by atoms with van der Waals surface area (Å²) in [5.74, 6) is 0.0641. The van der Waals surface area contributed by atoms with Crippen LogP contribution in [0.1, 0.15) is 28.8 Å². The maximum atomic E-state index is 11.8. The van der Waals surface area contributed by atoms with E-state index in [0.29, 0.717) is 6.54 Å². The summed E-state index contributed by atoms with van der Waals surface area (Å²) in [6.45, 7) is 6.14. The van der Waals surface area contributed by atoms with Gasteiger partial charge < -0.3 is 20.4 Å². The second-order valence-corrected chi connectivity index (χ2v) is 5.86. The second kappa shape index (κ2) is 4.66. The van der Waals surface area contributed by atoms with E-state index < -0.39 is 0 Å². The quantitative estimate of drug-likeness (QED) is 0.868. The zero-order valence-electron chi connectivity index (χ0n) is 11.6. The molecule has 0 bridgehead atoms. The topological polar surface area (TPSA) is 47.6 Å². The molecule has 0 unspecified atom stereocenters. The lowest BCUT2D eigenvalue weighted by Crippen LogP contribution is -2.33. The summed E-state index contributed by atoms with van der Waals surface area (Å²) < 4.78 is 0. The number of anilines is 2. The Morgan fingerprint density at radius 1 is 1.10 bits per heavy atom. The smallest absolute Gasteiger partial charge is 0.251 e. The number of rotatable bonds is 3. The Balaban J connectivity index is 1.52. The number of fused-ring (bicyclic) bond motifs is 2. The van der Waals surface area contributed by atoms with E-state index in [2.05, 4.69) is 32.6 Å². The average molecular weight is 272 g/mol. The van der Waals surface area contributed by atoms with E-state index in [1.807, 2.05) is 0 Å². The van der Waals surface area contributed by atoms with Crippen LogP contribution in [0.15, 0.2) is 12.1 Å². The number of carbonyl (C=O) groups is 1. The zero-order valence-corrected chi connectivity index (χ0v) is 11.6.